The number of aryl methyl sites for hydroxylation is 1. The van der Waals surface area contributed by atoms with Crippen molar-refractivity contribution in [3.05, 3.63) is 46.7 Å². The van der Waals surface area contributed by atoms with Gasteiger partial charge in [0.1, 0.15) is 0 Å². The van der Waals surface area contributed by atoms with Gasteiger partial charge in [-0.1, -0.05) is 18.5 Å². The Bertz CT molecular complexity index is 610. The summed E-state index contributed by atoms with van der Waals surface area (Å²) in [6.07, 6.45) is 2.10. The lowest BCUT2D eigenvalue weighted by molar-refractivity contribution is 0.318. The molecule has 1 saturated heterocycles. The van der Waals surface area contributed by atoms with Crippen LogP contribution in [-0.4, -0.2) is 33.8 Å². The van der Waals surface area contributed by atoms with Gasteiger partial charge in [0.2, 0.25) is 0 Å². The van der Waals surface area contributed by atoms with Crippen molar-refractivity contribution in [2.24, 2.45) is 11.7 Å². The van der Waals surface area contributed by atoms with E-state index in [9.17, 15) is 0 Å². The van der Waals surface area contributed by atoms with Gasteiger partial charge in [-0.2, -0.15) is 5.10 Å². The average Bonchev–Trinajstić information content (AvgIpc) is 2.95. The summed E-state index contributed by atoms with van der Waals surface area (Å²) in [6.45, 7) is 7.22. The van der Waals surface area contributed by atoms with Gasteiger partial charge < -0.3 is 5.73 Å². The van der Waals surface area contributed by atoms with E-state index >= 15 is 0 Å². The average molecular weight is 305 g/mol. The maximum Gasteiger partial charge on any atom is 0.0646 e. The van der Waals surface area contributed by atoms with Gasteiger partial charge in [-0.15, -0.1) is 0 Å². The smallest absolute Gasteiger partial charge is 0.0646 e. The first-order chi connectivity index (χ1) is 10.0. The summed E-state index contributed by atoms with van der Waals surface area (Å²) < 4.78 is 1.92. The molecule has 1 aliphatic heterocycles. The molecular weight excluding hydrogens is 284 g/mol. The van der Waals surface area contributed by atoms with E-state index in [1.807, 2.05) is 28.9 Å². The second-order valence-electron chi connectivity index (χ2n) is 6.00. The molecule has 0 saturated carbocycles. The summed E-state index contributed by atoms with van der Waals surface area (Å²) in [5, 5.41) is 5.35. The zero-order valence-electron chi connectivity index (χ0n) is 12.5. The molecule has 0 amide bonds. The van der Waals surface area contributed by atoms with Crippen molar-refractivity contribution in [1.82, 2.24) is 14.7 Å². The Labute approximate surface area is 130 Å². The van der Waals surface area contributed by atoms with Gasteiger partial charge in [0.05, 0.1) is 11.4 Å². The van der Waals surface area contributed by atoms with Gasteiger partial charge >= 0.3 is 0 Å². The van der Waals surface area contributed by atoms with Gasteiger partial charge in [0.25, 0.3) is 0 Å². The number of halogens is 1. The number of nitrogens with zero attached hydrogens (tertiary/aromatic N) is 3. The Balaban J connectivity index is 1.77. The Morgan fingerprint density at radius 2 is 2.00 bits per heavy atom. The first kappa shape index (κ1) is 14.6. The Hall–Kier alpha value is -1.36. The van der Waals surface area contributed by atoms with E-state index in [1.165, 1.54) is 5.56 Å². The molecule has 1 aromatic heterocycles. The highest BCUT2D eigenvalue weighted by Crippen LogP contribution is 2.20. The van der Waals surface area contributed by atoms with Crippen LogP contribution in [0.3, 0.4) is 0 Å². The molecule has 1 aromatic carbocycles. The van der Waals surface area contributed by atoms with Crippen LogP contribution in [0.25, 0.3) is 5.69 Å². The summed E-state index contributed by atoms with van der Waals surface area (Å²) >= 11 is 5.93. The third kappa shape index (κ3) is 3.12. The molecule has 0 bridgehead atoms. The molecule has 2 N–H and O–H groups in total. The van der Waals surface area contributed by atoms with E-state index < -0.39 is 0 Å². The number of nitrogens with two attached hydrogens (primary N) is 1. The number of benzene rings is 1. The third-order valence-corrected chi connectivity index (χ3v) is 4.48. The van der Waals surface area contributed by atoms with Crippen LogP contribution in [0.15, 0.2) is 30.5 Å². The summed E-state index contributed by atoms with van der Waals surface area (Å²) in [5.41, 5.74) is 9.45. The number of likely N-dealkylation sites (tertiary alicyclic amines) is 1. The summed E-state index contributed by atoms with van der Waals surface area (Å²) in [5.74, 6) is 0.566. The highest BCUT2D eigenvalue weighted by molar-refractivity contribution is 6.30. The van der Waals surface area contributed by atoms with Crippen LogP contribution in [0.1, 0.15) is 18.2 Å². The second-order valence-corrected chi connectivity index (χ2v) is 6.43. The van der Waals surface area contributed by atoms with Crippen LogP contribution in [0.2, 0.25) is 5.02 Å². The minimum Gasteiger partial charge on any atom is -0.326 e. The standard InChI is InChI=1S/C16H21ClN4/c1-11-7-20(10-16(11)18)8-13-9-21(19-12(13)2)15-5-3-14(17)4-6-15/h3-6,9,11,16H,7-8,10,18H2,1-2H3. The number of hydrogen-bond donors (Lipinski definition) is 1. The van der Waals surface area contributed by atoms with Gasteiger partial charge in [-0.3, -0.25) is 4.90 Å². The third-order valence-electron chi connectivity index (χ3n) is 4.23. The molecule has 0 spiro atoms. The predicted octanol–water partition coefficient (Wildman–Crippen LogP) is 2.61. The highest BCUT2D eigenvalue weighted by Gasteiger charge is 2.27. The maximum atomic E-state index is 6.10. The first-order valence-electron chi connectivity index (χ1n) is 7.32. The lowest BCUT2D eigenvalue weighted by Gasteiger charge is -2.14. The molecule has 4 nitrogen and oxygen atoms in total. The van der Waals surface area contributed by atoms with E-state index in [0.29, 0.717) is 5.92 Å². The van der Waals surface area contributed by atoms with Crippen LogP contribution in [0.4, 0.5) is 0 Å². The molecule has 5 heteroatoms. The SMILES string of the molecule is Cc1nn(-c2ccc(Cl)cc2)cc1CN1CC(C)C(N)C1. The van der Waals surface area contributed by atoms with Crippen molar-refractivity contribution in [1.29, 1.82) is 0 Å². The highest BCUT2D eigenvalue weighted by atomic mass is 35.5. The van der Waals surface area contributed by atoms with E-state index in [0.717, 1.165) is 36.0 Å². The van der Waals surface area contributed by atoms with Gasteiger partial charge in [-0.05, 0) is 37.1 Å². The monoisotopic (exact) mass is 304 g/mol. The molecule has 2 heterocycles. The fourth-order valence-electron chi connectivity index (χ4n) is 2.84. The fourth-order valence-corrected chi connectivity index (χ4v) is 2.97. The van der Waals surface area contributed by atoms with Crippen molar-refractivity contribution in [3.63, 3.8) is 0 Å². The summed E-state index contributed by atoms with van der Waals surface area (Å²) in [6, 6.07) is 8.01. The lowest BCUT2D eigenvalue weighted by Crippen LogP contribution is -2.28. The normalized spacial score (nSPS) is 22.9. The van der Waals surface area contributed by atoms with Crippen LogP contribution in [0.5, 0.6) is 0 Å². The number of hydrogen-bond acceptors (Lipinski definition) is 3. The molecule has 3 rings (SSSR count). The van der Waals surface area contributed by atoms with Crippen molar-refractivity contribution < 1.29 is 0 Å². The Kier molecular flexibility index (Phi) is 4.02. The number of aromatic nitrogens is 2. The molecule has 21 heavy (non-hydrogen) atoms. The molecule has 2 unspecified atom stereocenters. The summed E-state index contributed by atoms with van der Waals surface area (Å²) in [4.78, 5) is 2.41. The molecule has 112 valence electrons. The quantitative estimate of drug-likeness (QED) is 0.948. The minimum atomic E-state index is 0.289. The molecule has 0 aliphatic carbocycles. The Morgan fingerprint density at radius 3 is 2.62 bits per heavy atom. The zero-order chi connectivity index (χ0) is 15.0. The van der Waals surface area contributed by atoms with Crippen molar-refractivity contribution in [3.8, 4) is 5.69 Å². The topological polar surface area (TPSA) is 47.1 Å². The van der Waals surface area contributed by atoms with Crippen molar-refractivity contribution in [2.45, 2.75) is 26.4 Å². The molecule has 1 aliphatic rings. The summed E-state index contributed by atoms with van der Waals surface area (Å²) in [7, 11) is 0. The van der Waals surface area contributed by atoms with Gasteiger partial charge in [0.15, 0.2) is 0 Å². The molecule has 2 aromatic rings. The van der Waals surface area contributed by atoms with E-state index in [1.54, 1.807) is 0 Å². The second kappa shape index (κ2) is 5.79. The van der Waals surface area contributed by atoms with E-state index in [-0.39, 0.29) is 6.04 Å². The van der Waals surface area contributed by atoms with Crippen LogP contribution in [-0.2, 0) is 6.54 Å². The van der Waals surface area contributed by atoms with Crippen LogP contribution >= 0.6 is 11.6 Å². The number of rotatable bonds is 3. The molecule has 1 fully saturated rings. The van der Waals surface area contributed by atoms with E-state index in [4.69, 9.17) is 17.3 Å². The predicted molar refractivity (Wildman–Crippen MR) is 85.7 cm³/mol. The van der Waals surface area contributed by atoms with Crippen LogP contribution < -0.4 is 5.73 Å². The first-order valence-corrected chi connectivity index (χ1v) is 7.70. The fraction of sp³-hybridized carbons (Fsp3) is 0.438. The maximum absolute atomic E-state index is 6.10. The van der Waals surface area contributed by atoms with Crippen LogP contribution in [0, 0.1) is 12.8 Å². The molecule has 2 atom stereocenters. The Morgan fingerprint density at radius 1 is 1.29 bits per heavy atom. The van der Waals surface area contributed by atoms with E-state index in [2.05, 4.69) is 30.0 Å². The minimum absolute atomic E-state index is 0.289. The lowest BCUT2D eigenvalue weighted by atomic mass is 10.1. The molecule has 0 radical (unpaired) electrons. The zero-order valence-corrected chi connectivity index (χ0v) is 13.2. The van der Waals surface area contributed by atoms with Gasteiger partial charge in [0, 0.05) is 42.5 Å². The van der Waals surface area contributed by atoms with Crippen molar-refractivity contribution >= 4 is 11.6 Å². The van der Waals surface area contributed by atoms with Gasteiger partial charge in [-0.25, -0.2) is 4.68 Å². The largest absolute Gasteiger partial charge is 0.326 e. The van der Waals surface area contributed by atoms with Crippen molar-refractivity contribution in [2.75, 3.05) is 13.1 Å². The molecular formula is C16H21ClN4.